The van der Waals surface area contributed by atoms with E-state index in [1.54, 1.807) is 0 Å². The normalized spacial score (nSPS) is 31.6. The number of nitrogens with one attached hydrogen (secondary N) is 2. The zero-order valence-corrected chi connectivity index (χ0v) is 14.5. The summed E-state index contributed by atoms with van der Waals surface area (Å²) in [4.78, 5) is 0. The third kappa shape index (κ3) is 6.00. The topological polar surface area (TPSA) is 70.7 Å². The largest absolute Gasteiger partial charge is 0.373 e. The second-order valence-corrected chi connectivity index (χ2v) is 7.73. The fourth-order valence-electron chi connectivity index (χ4n) is 2.98. The highest BCUT2D eigenvalue weighted by Gasteiger charge is 2.30. The molecule has 2 aliphatic heterocycles. The smallest absolute Gasteiger partial charge is 0.279 e. The van der Waals surface area contributed by atoms with Crippen molar-refractivity contribution in [2.75, 3.05) is 32.7 Å². The molecule has 2 N–H and O–H groups in total. The van der Waals surface area contributed by atoms with Crippen molar-refractivity contribution in [1.82, 2.24) is 14.3 Å². The van der Waals surface area contributed by atoms with Gasteiger partial charge >= 0.3 is 0 Å². The highest BCUT2D eigenvalue weighted by atomic mass is 35.5. The molecule has 0 aromatic heterocycles. The second-order valence-electron chi connectivity index (χ2n) is 5.97. The highest BCUT2D eigenvalue weighted by molar-refractivity contribution is 7.87. The summed E-state index contributed by atoms with van der Waals surface area (Å²) in [6.45, 7) is 7.31. The van der Waals surface area contributed by atoms with Crippen molar-refractivity contribution in [2.45, 2.75) is 45.3 Å². The van der Waals surface area contributed by atoms with Crippen LogP contribution in [0.5, 0.6) is 0 Å². The number of hydrogen-bond donors (Lipinski definition) is 2. The molecule has 2 rings (SSSR count). The van der Waals surface area contributed by atoms with Crippen molar-refractivity contribution >= 4 is 22.6 Å². The minimum absolute atomic E-state index is 0. The Morgan fingerprint density at radius 1 is 1.29 bits per heavy atom. The Labute approximate surface area is 134 Å². The summed E-state index contributed by atoms with van der Waals surface area (Å²) in [5.74, 6) is 0.592. The van der Waals surface area contributed by atoms with Crippen LogP contribution >= 0.6 is 12.4 Å². The molecule has 0 saturated carbocycles. The first-order valence-electron chi connectivity index (χ1n) is 7.58. The molecule has 0 radical (unpaired) electrons. The minimum atomic E-state index is -3.37. The zero-order chi connectivity index (χ0) is 14.6. The van der Waals surface area contributed by atoms with Gasteiger partial charge in [-0.25, -0.2) is 4.72 Å². The average molecular weight is 342 g/mol. The zero-order valence-electron chi connectivity index (χ0n) is 12.9. The number of ether oxygens (including phenoxy) is 1. The van der Waals surface area contributed by atoms with Crippen molar-refractivity contribution in [3.8, 4) is 0 Å². The lowest BCUT2D eigenvalue weighted by atomic mass is 9.96. The summed E-state index contributed by atoms with van der Waals surface area (Å²) in [7, 11) is -3.37. The first-order valence-corrected chi connectivity index (χ1v) is 9.02. The molecule has 8 heteroatoms. The van der Waals surface area contributed by atoms with Crippen molar-refractivity contribution in [1.29, 1.82) is 0 Å². The summed E-state index contributed by atoms with van der Waals surface area (Å²) in [6.07, 6.45) is 3.20. The third-order valence-electron chi connectivity index (χ3n) is 3.96. The lowest BCUT2D eigenvalue weighted by molar-refractivity contribution is -0.0443. The molecule has 0 aliphatic carbocycles. The number of hydrogen-bond acceptors (Lipinski definition) is 4. The molecule has 0 amide bonds. The predicted octanol–water partition coefficient (Wildman–Crippen LogP) is 0.742. The summed E-state index contributed by atoms with van der Waals surface area (Å²) in [5.41, 5.74) is 0. The van der Waals surface area contributed by atoms with Crippen LogP contribution in [0.2, 0.25) is 0 Å². The average Bonchev–Trinajstić information content (AvgIpc) is 2.38. The van der Waals surface area contributed by atoms with E-state index in [-0.39, 0.29) is 24.6 Å². The van der Waals surface area contributed by atoms with Crippen LogP contribution in [0.4, 0.5) is 0 Å². The minimum Gasteiger partial charge on any atom is -0.373 e. The summed E-state index contributed by atoms with van der Waals surface area (Å²) >= 11 is 0. The second kappa shape index (κ2) is 8.64. The third-order valence-corrected chi connectivity index (χ3v) is 5.51. The predicted molar refractivity (Wildman–Crippen MR) is 86.0 cm³/mol. The van der Waals surface area contributed by atoms with E-state index in [0.717, 1.165) is 19.5 Å². The lowest BCUT2D eigenvalue weighted by Gasteiger charge is -2.34. The van der Waals surface area contributed by atoms with E-state index in [1.165, 1.54) is 17.1 Å². The Hall–Kier alpha value is 0.0800. The maximum Gasteiger partial charge on any atom is 0.279 e. The van der Waals surface area contributed by atoms with E-state index < -0.39 is 10.2 Å². The van der Waals surface area contributed by atoms with E-state index in [1.807, 2.05) is 13.8 Å². The SMILES string of the molecule is CC1CN(S(=O)(=O)NCCC2CCCNC2)CC(C)O1.Cl. The maximum absolute atomic E-state index is 12.3. The van der Waals surface area contributed by atoms with Gasteiger partial charge in [0.05, 0.1) is 12.2 Å². The van der Waals surface area contributed by atoms with E-state index in [2.05, 4.69) is 10.0 Å². The van der Waals surface area contributed by atoms with E-state index in [0.29, 0.717) is 25.6 Å². The Balaban J connectivity index is 0.00000220. The van der Waals surface area contributed by atoms with Crippen LogP contribution in [0.3, 0.4) is 0 Å². The van der Waals surface area contributed by atoms with Gasteiger partial charge in [0, 0.05) is 19.6 Å². The molecule has 126 valence electrons. The number of morpholine rings is 1. The van der Waals surface area contributed by atoms with E-state index in [4.69, 9.17) is 4.74 Å². The Kier molecular flexibility index (Phi) is 7.87. The first kappa shape index (κ1) is 19.1. The monoisotopic (exact) mass is 341 g/mol. The van der Waals surface area contributed by atoms with Gasteiger partial charge in [-0.2, -0.15) is 12.7 Å². The van der Waals surface area contributed by atoms with Crippen LogP contribution in [-0.2, 0) is 14.9 Å². The number of halogens is 1. The maximum atomic E-state index is 12.3. The molecule has 0 spiro atoms. The highest BCUT2D eigenvalue weighted by Crippen LogP contribution is 2.15. The molecule has 2 heterocycles. The molecular weight excluding hydrogens is 314 g/mol. The summed E-state index contributed by atoms with van der Waals surface area (Å²) in [5, 5.41) is 3.35. The van der Waals surface area contributed by atoms with Crippen molar-refractivity contribution in [3.05, 3.63) is 0 Å². The van der Waals surface area contributed by atoms with Crippen molar-refractivity contribution < 1.29 is 13.2 Å². The summed E-state index contributed by atoms with van der Waals surface area (Å²) < 4.78 is 34.3. The first-order chi connectivity index (χ1) is 9.47. The molecule has 2 aliphatic rings. The molecule has 6 nitrogen and oxygen atoms in total. The Bertz CT molecular complexity index is 391. The Morgan fingerprint density at radius 3 is 2.52 bits per heavy atom. The molecule has 3 unspecified atom stereocenters. The van der Waals surface area contributed by atoms with Crippen molar-refractivity contribution in [2.24, 2.45) is 5.92 Å². The standard InChI is InChI=1S/C13H27N3O3S.ClH/c1-11-9-16(10-12(2)19-11)20(17,18)15-7-5-13-4-3-6-14-8-13;/h11-15H,3-10H2,1-2H3;1H. The molecule has 3 atom stereocenters. The van der Waals surface area contributed by atoms with Gasteiger partial charge in [0.25, 0.3) is 10.2 Å². The van der Waals surface area contributed by atoms with E-state index >= 15 is 0 Å². The van der Waals surface area contributed by atoms with Crippen LogP contribution in [0.15, 0.2) is 0 Å². The van der Waals surface area contributed by atoms with Gasteiger partial charge in [0.2, 0.25) is 0 Å². The van der Waals surface area contributed by atoms with Gasteiger partial charge in [-0.3, -0.25) is 0 Å². The lowest BCUT2D eigenvalue weighted by Crippen LogP contribution is -2.52. The fourth-order valence-corrected chi connectivity index (χ4v) is 4.35. The molecule has 0 bridgehead atoms. The van der Waals surface area contributed by atoms with Gasteiger partial charge < -0.3 is 10.1 Å². The molecular formula is C13H28ClN3O3S. The van der Waals surface area contributed by atoms with Crippen LogP contribution in [-0.4, -0.2) is 57.7 Å². The van der Waals surface area contributed by atoms with Crippen LogP contribution in [0.25, 0.3) is 0 Å². The molecule has 2 saturated heterocycles. The molecule has 0 aromatic carbocycles. The van der Waals surface area contributed by atoms with Crippen LogP contribution < -0.4 is 10.0 Å². The van der Waals surface area contributed by atoms with E-state index in [9.17, 15) is 8.42 Å². The molecule has 2 fully saturated rings. The van der Waals surface area contributed by atoms with Gasteiger partial charge in [0.15, 0.2) is 0 Å². The molecule has 21 heavy (non-hydrogen) atoms. The van der Waals surface area contributed by atoms with Gasteiger partial charge in [0.1, 0.15) is 0 Å². The van der Waals surface area contributed by atoms with Crippen LogP contribution in [0.1, 0.15) is 33.1 Å². The number of rotatable bonds is 5. The molecule has 0 aromatic rings. The fraction of sp³-hybridized carbons (Fsp3) is 1.00. The van der Waals surface area contributed by atoms with Crippen LogP contribution in [0, 0.1) is 5.92 Å². The number of nitrogens with zero attached hydrogens (tertiary/aromatic N) is 1. The van der Waals surface area contributed by atoms with Gasteiger partial charge in [-0.1, -0.05) is 0 Å². The number of piperidine rings is 1. The summed E-state index contributed by atoms with van der Waals surface area (Å²) in [6, 6.07) is 0. The van der Waals surface area contributed by atoms with Crippen molar-refractivity contribution in [3.63, 3.8) is 0 Å². The quantitative estimate of drug-likeness (QED) is 0.774. The van der Waals surface area contributed by atoms with Gasteiger partial charge in [-0.05, 0) is 52.1 Å². The Morgan fingerprint density at radius 2 is 1.95 bits per heavy atom. The van der Waals surface area contributed by atoms with Gasteiger partial charge in [-0.15, -0.1) is 12.4 Å².